The summed E-state index contributed by atoms with van der Waals surface area (Å²) in [5, 5.41) is 14.7. The summed E-state index contributed by atoms with van der Waals surface area (Å²) < 4.78 is 10.2. The molecule has 0 spiro atoms. The van der Waals surface area contributed by atoms with Crippen molar-refractivity contribution in [3.8, 4) is 0 Å². The largest absolute Gasteiger partial charge is 0.383 e. The number of methoxy groups -OCH3 is 2. The van der Waals surface area contributed by atoms with Gasteiger partial charge in [0.1, 0.15) is 0 Å². The third kappa shape index (κ3) is 8.96. The first-order valence-corrected chi connectivity index (χ1v) is 9.38. The molecule has 0 heterocycles. The second kappa shape index (κ2) is 11.8. The molecule has 0 amide bonds. The molecule has 4 N–H and O–H groups in total. The Bertz CT molecular complexity index is 354. The monoisotopic (exact) mass is 376 g/mol. The Labute approximate surface area is 156 Å². The van der Waals surface area contributed by atoms with Gasteiger partial charge < -0.3 is 30.7 Å². The molecule has 1 fully saturated rings. The molecule has 0 aliphatic heterocycles. The van der Waals surface area contributed by atoms with Gasteiger partial charge in [-0.05, 0) is 64.0 Å². The maximum Gasteiger partial charge on any atom is 0.166 e. The van der Waals surface area contributed by atoms with Crippen LogP contribution in [0, 0.1) is 0 Å². The van der Waals surface area contributed by atoms with Crippen LogP contribution in [0.2, 0.25) is 0 Å². The fraction of sp³-hybridized carbons (Fsp3) is 0.875. The van der Waals surface area contributed by atoms with E-state index >= 15 is 0 Å². The molecule has 0 saturated heterocycles. The second-order valence-electron chi connectivity index (χ2n) is 6.50. The van der Waals surface area contributed by atoms with Gasteiger partial charge in [0, 0.05) is 38.4 Å². The summed E-state index contributed by atoms with van der Waals surface area (Å²) in [6.07, 6.45) is 4.31. The molecule has 0 aromatic heterocycles. The lowest BCUT2D eigenvalue weighted by Gasteiger charge is -2.32. The molecular weight excluding hydrogens is 344 g/mol. The van der Waals surface area contributed by atoms with Crippen LogP contribution in [0.4, 0.5) is 0 Å². The minimum atomic E-state index is 0.213. The van der Waals surface area contributed by atoms with Crippen molar-refractivity contribution >= 4 is 34.7 Å². The smallest absolute Gasteiger partial charge is 0.166 e. The minimum Gasteiger partial charge on any atom is -0.383 e. The number of thiocarbonyl (C=S) groups is 2. The molecule has 6 nitrogen and oxygen atoms in total. The Morgan fingerprint density at radius 1 is 0.833 bits per heavy atom. The Hall–Kier alpha value is -0.700. The van der Waals surface area contributed by atoms with E-state index in [9.17, 15) is 0 Å². The van der Waals surface area contributed by atoms with Gasteiger partial charge in [-0.3, -0.25) is 0 Å². The van der Waals surface area contributed by atoms with E-state index in [1.165, 1.54) is 0 Å². The number of hydrogen-bond acceptors (Lipinski definition) is 4. The Balaban J connectivity index is 2.21. The molecule has 1 aliphatic rings. The number of nitrogens with one attached hydrogen (secondary N) is 4. The van der Waals surface area contributed by atoms with Crippen LogP contribution in [-0.4, -0.2) is 61.8 Å². The van der Waals surface area contributed by atoms with Crippen molar-refractivity contribution in [2.75, 3.05) is 27.4 Å². The molecule has 1 aliphatic carbocycles. The van der Waals surface area contributed by atoms with Gasteiger partial charge in [-0.2, -0.15) is 0 Å². The summed E-state index contributed by atoms with van der Waals surface area (Å²) in [4.78, 5) is 0. The molecule has 2 atom stereocenters. The molecule has 24 heavy (non-hydrogen) atoms. The maximum absolute atomic E-state index is 5.36. The van der Waals surface area contributed by atoms with Crippen LogP contribution in [0.25, 0.3) is 0 Å². The van der Waals surface area contributed by atoms with Gasteiger partial charge in [-0.1, -0.05) is 0 Å². The van der Waals surface area contributed by atoms with E-state index in [1.54, 1.807) is 14.2 Å². The molecule has 0 bridgehead atoms. The van der Waals surface area contributed by atoms with E-state index in [0.29, 0.717) is 35.5 Å². The van der Waals surface area contributed by atoms with E-state index < -0.39 is 0 Å². The first kappa shape index (κ1) is 21.3. The summed E-state index contributed by atoms with van der Waals surface area (Å²) in [5.74, 6) is 0. The highest BCUT2D eigenvalue weighted by atomic mass is 32.1. The van der Waals surface area contributed by atoms with Crippen LogP contribution in [0.1, 0.15) is 39.5 Å². The standard InChI is InChI=1S/C16H32N4O2S2/c1-11(9-21-3)17-15(23)19-13-5-7-14(8-6-13)20-16(24)18-12(2)10-22-4/h11-14H,5-10H2,1-4H3,(H2,17,19,23)(H2,18,20,24)/t11-,12-,13?,14?/m1/s1. The van der Waals surface area contributed by atoms with Crippen molar-refractivity contribution in [2.45, 2.75) is 63.7 Å². The molecule has 0 aromatic rings. The summed E-state index contributed by atoms with van der Waals surface area (Å²) in [6, 6.07) is 1.27. The van der Waals surface area contributed by atoms with Gasteiger partial charge in [0.15, 0.2) is 10.2 Å². The predicted molar refractivity (Wildman–Crippen MR) is 106 cm³/mol. The second-order valence-corrected chi connectivity index (χ2v) is 7.31. The maximum atomic E-state index is 5.36. The van der Waals surface area contributed by atoms with E-state index in [-0.39, 0.29) is 12.1 Å². The number of ether oxygens (including phenoxy) is 2. The summed E-state index contributed by atoms with van der Waals surface area (Å²) in [7, 11) is 3.39. The fourth-order valence-electron chi connectivity index (χ4n) is 2.87. The van der Waals surface area contributed by atoms with E-state index in [0.717, 1.165) is 25.7 Å². The summed E-state index contributed by atoms with van der Waals surface area (Å²) in [6.45, 7) is 5.39. The van der Waals surface area contributed by atoms with Crippen molar-refractivity contribution in [1.82, 2.24) is 21.3 Å². The quantitative estimate of drug-likeness (QED) is 0.473. The fourth-order valence-corrected chi connectivity index (χ4v) is 3.60. The number of rotatable bonds is 8. The van der Waals surface area contributed by atoms with Gasteiger partial charge in [-0.25, -0.2) is 0 Å². The van der Waals surface area contributed by atoms with Crippen LogP contribution in [0.3, 0.4) is 0 Å². The first-order chi connectivity index (χ1) is 11.4. The van der Waals surface area contributed by atoms with Crippen molar-refractivity contribution in [1.29, 1.82) is 0 Å². The normalized spacial score (nSPS) is 23.0. The molecule has 0 radical (unpaired) electrons. The summed E-state index contributed by atoms with van der Waals surface area (Å²) in [5.41, 5.74) is 0. The average molecular weight is 377 g/mol. The van der Waals surface area contributed by atoms with Crippen molar-refractivity contribution in [2.24, 2.45) is 0 Å². The molecule has 140 valence electrons. The van der Waals surface area contributed by atoms with E-state index in [4.69, 9.17) is 33.9 Å². The zero-order valence-corrected chi connectivity index (χ0v) is 16.8. The van der Waals surface area contributed by atoms with Gasteiger partial charge in [-0.15, -0.1) is 0 Å². The lowest BCUT2D eigenvalue weighted by Crippen LogP contribution is -2.51. The lowest BCUT2D eigenvalue weighted by atomic mass is 9.91. The Morgan fingerprint density at radius 3 is 1.46 bits per heavy atom. The first-order valence-electron chi connectivity index (χ1n) is 8.56. The SMILES string of the molecule is COC[C@@H](C)NC(=S)NC1CCC(NC(=S)N[C@H](C)COC)CC1. The van der Waals surface area contributed by atoms with E-state index in [2.05, 4.69) is 35.1 Å². The molecule has 1 saturated carbocycles. The Morgan fingerprint density at radius 2 is 1.17 bits per heavy atom. The van der Waals surface area contributed by atoms with Crippen LogP contribution >= 0.6 is 24.4 Å². The van der Waals surface area contributed by atoms with Crippen molar-refractivity contribution in [3.05, 3.63) is 0 Å². The van der Waals surface area contributed by atoms with Crippen molar-refractivity contribution in [3.63, 3.8) is 0 Å². The third-order valence-corrected chi connectivity index (χ3v) is 4.46. The zero-order chi connectivity index (χ0) is 17.9. The van der Waals surface area contributed by atoms with Gasteiger partial charge in [0.2, 0.25) is 0 Å². The molecule has 0 unspecified atom stereocenters. The zero-order valence-electron chi connectivity index (χ0n) is 15.2. The predicted octanol–water partition coefficient (Wildman–Crippen LogP) is 1.30. The van der Waals surface area contributed by atoms with Crippen LogP contribution in [0.15, 0.2) is 0 Å². The minimum absolute atomic E-state index is 0.213. The molecule has 0 aromatic carbocycles. The highest BCUT2D eigenvalue weighted by Gasteiger charge is 2.22. The van der Waals surface area contributed by atoms with Gasteiger partial charge in [0.25, 0.3) is 0 Å². The van der Waals surface area contributed by atoms with Crippen LogP contribution in [-0.2, 0) is 9.47 Å². The topological polar surface area (TPSA) is 66.6 Å². The van der Waals surface area contributed by atoms with E-state index in [1.807, 2.05) is 0 Å². The number of hydrogen-bond donors (Lipinski definition) is 4. The highest BCUT2D eigenvalue weighted by Crippen LogP contribution is 2.18. The highest BCUT2D eigenvalue weighted by molar-refractivity contribution is 7.80. The summed E-state index contributed by atoms with van der Waals surface area (Å²) >= 11 is 10.7. The van der Waals surface area contributed by atoms with Gasteiger partial charge in [0.05, 0.1) is 13.2 Å². The Kier molecular flexibility index (Phi) is 10.5. The molecule has 1 rings (SSSR count). The third-order valence-electron chi connectivity index (χ3n) is 3.99. The molecule has 8 heteroatoms. The van der Waals surface area contributed by atoms with Gasteiger partial charge >= 0.3 is 0 Å². The van der Waals surface area contributed by atoms with Crippen molar-refractivity contribution < 1.29 is 9.47 Å². The van der Waals surface area contributed by atoms with Crippen LogP contribution < -0.4 is 21.3 Å². The van der Waals surface area contributed by atoms with Crippen LogP contribution in [0.5, 0.6) is 0 Å². The average Bonchev–Trinajstić information content (AvgIpc) is 2.49. The lowest BCUT2D eigenvalue weighted by molar-refractivity contribution is 0.178. The molecular formula is C16H32N4O2S2.